The number of ether oxygens (including phenoxy) is 2. The van der Waals surface area contributed by atoms with Gasteiger partial charge in [-0.05, 0) is 198 Å². The predicted octanol–water partition coefficient (Wildman–Crippen LogP) is 17.9. The summed E-state index contributed by atoms with van der Waals surface area (Å²) in [6.07, 6.45) is 11.6. The molecule has 1 aliphatic heterocycles. The number of nitrogens with two attached hydrogens (primary N) is 1. The number of carbonyl (C=O) groups is 2. The van der Waals surface area contributed by atoms with E-state index in [0.29, 0.717) is 64.2 Å². The summed E-state index contributed by atoms with van der Waals surface area (Å²) in [6.45, 7) is 3.73. The molecule has 0 unspecified atom stereocenters. The van der Waals surface area contributed by atoms with Crippen LogP contribution >= 0.6 is 87.1 Å². The molecule has 24 heteroatoms. The Kier molecular flexibility index (Phi) is 26.2. The molecule has 1 heterocycles. The maximum atomic E-state index is 14.2. The minimum atomic E-state index is -5.73. The van der Waals surface area contributed by atoms with Crippen LogP contribution in [0.15, 0.2) is 124 Å². The van der Waals surface area contributed by atoms with Gasteiger partial charge in [-0.15, -0.1) is 11.6 Å². The van der Waals surface area contributed by atoms with Crippen LogP contribution in [-0.4, -0.2) is 67.6 Å². The highest BCUT2D eigenvalue weighted by Crippen LogP contribution is 2.52. The third kappa shape index (κ3) is 17.9. The van der Waals surface area contributed by atoms with Gasteiger partial charge in [0, 0.05) is 63.8 Å². The number of allylic oxidation sites excluding steroid dienone is 5. The van der Waals surface area contributed by atoms with Crippen LogP contribution in [0.1, 0.15) is 132 Å². The van der Waals surface area contributed by atoms with Gasteiger partial charge in [-0.3, -0.25) is 4.99 Å². The Morgan fingerprint density at radius 1 is 0.667 bits per heavy atom. The number of aliphatic hydroxyl groups excluding tert-OH is 1. The lowest BCUT2D eigenvalue weighted by molar-refractivity contribution is -0.139. The smallest absolute Gasteiger partial charge is 0.463 e. The molecular formula is C60H62Br4ClF7N2O8S2. The van der Waals surface area contributed by atoms with Crippen LogP contribution in [0.2, 0.25) is 0 Å². The van der Waals surface area contributed by atoms with Crippen molar-refractivity contribution in [3.63, 3.8) is 0 Å². The van der Waals surface area contributed by atoms with Crippen molar-refractivity contribution in [2.24, 2.45) is 16.6 Å². The van der Waals surface area contributed by atoms with Crippen LogP contribution in [-0.2, 0) is 38.9 Å². The van der Waals surface area contributed by atoms with Crippen LogP contribution in [0.25, 0.3) is 16.7 Å². The lowest BCUT2D eigenvalue weighted by Gasteiger charge is -2.36. The minimum Gasteiger partial charge on any atom is -0.463 e. The van der Waals surface area contributed by atoms with Gasteiger partial charge in [0.05, 0.1) is 30.9 Å². The SMILES string of the molecule is CCOC(=O)C1=C(OS(=O)(=O)C(F)(F)F)CCC1.CCOC(=O)C1=C(c2cc(Br)ccc2F)CCC1.Fc1ccc(Br)cc1C1=C(CCl)CCC1.NC1=N[C@@]2(c3cc(Br)ccc3F)CCC[C@H]2CS1.OCC1=C(c2cc(Br)ccc2F)CCC1. The molecule has 0 aromatic heterocycles. The van der Waals surface area contributed by atoms with E-state index < -0.39 is 32.9 Å². The number of halogens is 12. The first-order chi connectivity index (χ1) is 39.9. The molecule has 3 N–H and O–H groups in total. The van der Waals surface area contributed by atoms with Gasteiger partial charge in [-0.2, -0.15) is 21.6 Å². The monoisotopic (exact) mass is 1490 g/mol. The van der Waals surface area contributed by atoms with E-state index in [4.69, 9.17) is 27.2 Å². The van der Waals surface area contributed by atoms with Gasteiger partial charge in [0.25, 0.3) is 0 Å². The molecule has 0 amide bonds. The predicted molar refractivity (Wildman–Crippen MR) is 330 cm³/mol. The van der Waals surface area contributed by atoms with Crippen LogP contribution in [0.5, 0.6) is 0 Å². The second-order valence-electron chi connectivity index (χ2n) is 19.9. The van der Waals surface area contributed by atoms with Gasteiger partial charge < -0.3 is 24.5 Å². The van der Waals surface area contributed by atoms with E-state index >= 15 is 0 Å². The first-order valence-electron chi connectivity index (χ1n) is 27.1. The number of carbonyl (C=O) groups excluding carboxylic acids is 2. The first-order valence-corrected chi connectivity index (χ1v) is 33.2. The van der Waals surface area contributed by atoms with Crippen molar-refractivity contribution in [1.82, 2.24) is 0 Å². The van der Waals surface area contributed by atoms with Crippen LogP contribution in [0, 0.1) is 29.2 Å². The normalized spacial score (nSPS) is 19.3. The van der Waals surface area contributed by atoms with Crippen molar-refractivity contribution >= 4 is 131 Å². The van der Waals surface area contributed by atoms with E-state index in [1.165, 1.54) is 36.8 Å². The fraction of sp³-hybridized carbons (Fsp3) is 0.417. The summed E-state index contributed by atoms with van der Waals surface area (Å²) in [5, 5.41) is 9.76. The topological polar surface area (TPSA) is 155 Å². The molecule has 0 bridgehead atoms. The lowest BCUT2D eigenvalue weighted by Crippen LogP contribution is -2.37. The highest BCUT2D eigenvalue weighted by molar-refractivity contribution is 9.11. The number of benzene rings is 4. The van der Waals surface area contributed by atoms with Gasteiger partial charge in [0.1, 0.15) is 29.0 Å². The van der Waals surface area contributed by atoms with Crippen molar-refractivity contribution in [2.45, 2.75) is 121 Å². The summed E-state index contributed by atoms with van der Waals surface area (Å²) in [5.41, 5.74) is 7.99. The Morgan fingerprint density at radius 2 is 1.12 bits per heavy atom. The number of aliphatic imine (C=N–C) groups is 1. The zero-order chi connectivity index (χ0) is 61.5. The number of alkyl halides is 4. The number of fused-ring (bicyclic) bond motifs is 1. The van der Waals surface area contributed by atoms with Gasteiger partial charge in [-0.1, -0.05) is 87.5 Å². The first kappa shape index (κ1) is 69.1. The molecule has 0 spiro atoms. The average molecular weight is 1490 g/mol. The zero-order valence-electron chi connectivity index (χ0n) is 45.8. The highest BCUT2D eigenvalue weighted by Gasteiger charge is 2.50. The second kappa shape index (κ2) is 31.8. The fourth-order valence-corrected chi connectivity index (χ4v) is 14.1. The number of rotatable bonds is 12. The molecule has 4 aromatic carbocycles. The largest absolute Gasteiger partial charge is 0.534 e. The number of thioether (sulfide) groups is 1. The molecule has 2 atom stereocenters. The van der Waals surface area contributed by atoms with Crippen molar-refractivity contribution in [3.8, 4) is 0 Å². The summed E-state index contributed by atoms with van der Waals surface area (Å²) < 4.78 is 130. The maximum Gasteiger partial charge on any atom is 0.534 e. The minimum absolute atomic E-state index is 0.0382. The molecule has 0 radical (unpaired) electrons. The van der Waals surface area contributed by atoms with Crippen LogP contribution in [0.3, 0.4) is 0 Å². The third-order valence-electron chi connectivity index (χ3n) is 14.6. The number of hydrogen-bond acceptors (Lipinski definition) is 11. The Hall–Kier alpha value is -3.97. The van der Waals surface area contributed by atoms with Crippen molar-refractivity contribution < 1.29 is 67.5 Å². The second-order valence-corrected chi connectivity index (χ2v) is 26.4. The standard InChI is InChI=1S/C14H14BrFO2.C13H14BrFN2S.C12H11BrClF.C12H12BrFO.C9H11F3O5S/c1-2-18-14(17)11-5-3-4-10(11)12-8-9(15)6-7-13(12)16;14-9-3-4-11(15)10(6-9)13-5-1-2-8(13)7-18-12(16)17-13;13-9-4-5-12(15)11(6-9)10-3-1-2-8(10)7-14;13-9-4-5-12(14)11(6-9)10-3-1-2-8(10)7-15;1-2-16-8(13)6-4-3-5-7(6)17-18(14,15)9(10,11)12/h6-8H,2-5H2,1H3;3-4,6,8H,1-2,5,7H2,(H2,16,17);4-6H,1-3,7H2;4-6,15H,1-3,7H2;2-5H2,1H3/t;8-,13-;;;/m.0.../s1. The van der Waals surface area contributed by atoms with Gasteiger partial charge in [0.15, 0.2) is 5.17 Å². The molecule has 84 heavy (non-hydrogen) atoms. The number of aliphatic hydroxyl groups is 1. The summed E-state index contributed by atoms with van der Waals surface area (Å²) in [6, 6.07) is 19.9. The van der Waals surface area contributed by atoms with E-state index in [9.17, 15) is 48.7 Å². The number of hydrogen-bond donors (Lipinski definition) is 2. The van der Waals surface area contributed by atoms with E-state index in [1.54, 1.807) is 55.1 Å². The van der Waals surface area contributed by atoms with Crippen molar-refractivity contribution in [3.05, 3.63) is 164 Å². The molecule has 456 valence electrons. The zero-order valence-corrected chi connectivity index (χ0v) is 54.6. The van der Waals surface area contributed by atoms with E-state index in [0.717, 1.165) is 117 Å². The summed E-state index contributed by atoms with van der Waals surface area (Å²) in [4.78, 5) is 27.8. The van der Waals surface area contributed by atoms with E-state index in [2.05, 4.69) is 77.6 Å². The van der Waals surface area contributed by atoms with Crippen molar-refractivity contribution in [2.75, 3.05) is 31.5 Å². The van der Waals surface area contributed by atoms with Crippen LogP contribution in [0.4, 0.5) is 30.7 Å². The number of nitrogens with zero attached hydrogens (tertiary/aromatic N) is 1. The van der Waals surface area contributed by atoms with Gasteiger partial charge in [-0.25, -0.2) is 27.2 Å². The summed E-state index contributed by atoms with van der Waals surface area (Å²) in [7, 11) is -5.73. The highest BCUT2D eigenvalue weighted by atomic mass is 79.9. The molecule has 6 aliphatic rings. The number of esters is 2. The van der Waals surface area contributed by atoms with Crippen LogP contribution < -0.4 is 5.73 Å². The Bertz CT molecular complexity index is 3260. The summed E-state index contributed by atoms with van der Waals surface area (Å²) in [5.74, 6) is -0.608. The van der Waals surface area contributed by atoms with Crippen molar-refractivity contribution in [1.29, 1.82) is 0 Å². The number of amidine groups is 1. The Labute approximate surface area is 528 Å². The average Bonchev–Trinajstić information content (AvgIpc) is 3.76. The molecule has 5 aliphatic carbocycles. The quantitative estimate of drug-likeness (QED) is 0.0460. The molecule has 1 fully saturated rings. The molecular weight excluding hydrogens is 1430 g/mol. The molecule has 1 saturated carbocycles. The third-order valence-corrected chi connectivity index (χ3v) is 18.9. The Morgan fingerprint density at radius 3 is 1.64 bits per heavy atom. The lowest BCUT2D eigenvalue weighted by atomic mass is 9.81. The van der Waals surface area contributed by atoms with Gasteiger partial charge in [0.2, 0.25) is 0 Å². The molecule has 10 rings (SSSR count). The van der Waals surface area contributed by atoms with Gasteiger partial charge >= 0.3 is 27.6 Å². The maximum absolute atomic E-state index is 14.2. The Balaban J connectivity index is 0.000000169. The molecule has 10 nitrogen and oxygen atoms in total. The molecule has 4 aromatic rings. The van der Waals surface area contributed by atoms with E-state index in [1.807, 2.05) is 12.1 Å². The summed E-state index contributed by atoms with van der Waals surface area (Å²) >= 11 is 20.9. The fourth-order valence-electron chi connectivity index (χ4n) is 10.8. The molecule has 0 saturated heterocycles. The van der Waals surface area contributed by atoms with E-state index in [-0.39, 0.29) is 60.9 Å².